The van der Waals surface area contributed by atoms with Gasteiger partial charge in [-0.15, -0.1) is 0 Å². The van der Waals surface area contributed by atoms with E-state index >= 15 is 0 Å². The Labute approximate surface area is 95.4 Å². The fourth-order valence-electron chi connectivity index (χ4n) is 2.42. The third-order valence-electron chi connectivity index (χ3n) is 3.48. The molecule has 0 aromatic heterocycles. The summed E-state index contributed by atoms with van der Waals surface area (Å²) in [5.74, 6) is 0.907. The van der Waals surface area contributed by atoms with Gasteiger partial charge in [0.25, 0.3) is 0 Å². The molecule has 2 heteroatoms. The number of nitrogens with zero attached hydrogens (tertiary/aromatic N) is 1. The summed E-state index contributed by atoms with van der Waals surface area (Å²) >= 11 is 0. The minimum Gasteiger partial charge on any atom is -0.317 e. The van der Waals surface area contributed by atoms with Gasteiger partial charge in [0, 0.05) is 12.6 Å². The minimum absolute atomic E-state index is 0.761. The van der Waals surface area contributed by atoms with Crippen LogP contribution in [0.25, 0.3) is 0 Å². The van der Waals surface area contributed by atoms with Crippen LogP contribution in [0.15, 0.2) is 0 Å². The Morgan fingerprint density at radius 1 is 1.40 bits per heavy atom. The van der Waals surface area contributed by atoms with E-state index in [4.69, 9.17) is 0 Å². The average molecular weight is 212 g/mol. The van der Waals surface area contributed by atoms with Crippen LogP contribution in [0.2, 0.25) is 0 Å². The van der Waals surface area contributed by atoms with Gasteiger partial charge in [0.05, 0.1) is 0 Å². The zero-order valence-electron chi connectivity index (χ0n) is 10.8. The Bertz CT molecular complexity index is 159. The average Bonchev–Trinajstić information content (AvgIpc) is 2.24. The lowest BCUT2D eigenvalue weighted by Crippen LogP contribution is -2.41. The van der Waals surface area contributed by atoms with Gasteiger partial charge in [0.2, 0.25) is 0 Å². The van der Waals surface area contributed by atoms with Crippen molar-refractivity contribution in [2.45, 2.75) is 52.5 Å². The molecule has 0 aliphatic carbocycles. The van der Waals surface area contributed by atoms with Crippen molar-refractivity contribution < 1.29 is 0 Å². The van der Waals surface area contributed by atoms with E-state index in [9.17, 15) is 0 Å². The number of piperidine rings is 1. The van der Waals surface area contributed by atoms with Gasteiger partial charge < -0.3 is 10.2 Å². The summed E-state index contributed by atoms with van der Waals surface area (Å²) in [6, 6.07) is 0.761. The van der Waals surface area contributed by atoms with Gasteiger partial charge in [-0.25, -0.2) is 0 Å². The molecule has 1 saturated heterocycles. The molecule has 0 aromatic carbocycles. The second-order valence-electron chi connectivity index (χ2n) is 5.13. The normalized spacial score (nSPS) is 25.4. The smallest absolute Gasteiger partial charge is 0.00791 e. The highest BCUT2D eigenvalue weighted by Gasteiger charge is 2.20. The number of likely N-dealkylation sites (tertiary alicyclic amines) is 1. The van der Waals surface area contributed by atoms with Crippen molar-refractivity contribution in [3.05, 3.63) is 0 Å². The van der Waals surface area contributed by atoms with E-state index in [-0.39, 0.29) is 0 Å². The monoisotopic (exact) mass is 212 g/mol. The van der Waals surface area contributed by atoms with E-state index in [0.717, 1.165) is 12.0 Å². The molecule has 1 aliphatic rings. The second kappa shape index (κ2) is 7.24. The molecule has 1 heterocycles. The number of hydrogen-bond acceptors (Lipinski definition) is 2. The van der Waals surface area contributed by atoms with E-state index in [0.29, 0.717) is 0 Å². The summed E-state index contributed by atoms with van der Waals surface area (Å²) in [5.41, 5.74) is 0. The first-order chi connectivity index (χ1) is 7.24. The highest BCUT2D eigenvalue weighted by molar-refractivity contribution is 4.75. The molecule has 0 saturated carbocycles. The molecule has 2 nitrogen and oxygen atoms in total. The van der Waals surface area contributed by atoms with Crippen molar-refractivity contribution in [1.82, 2.24) is 10.2 Å². The van der Waals surface area contributed by atoms with Gasteiger partial charge in [-0.3, -0.25) is 0 Å². The Hall–Kier alpha value is -0.0800. The maximum Gasteiger partial charge on any atom is 0.00791 e. The lowest BCUT2D eigenvalue weighted by Gasteiger charge is -2.35. The van der Waals surface area contributed by atoms with Gasteiger partial charge in [0.15, 0.2) is 0 Å². The van der Waals surface area contributed by atoms with Crippen LogP contribution >= 0.6 is 0 Å². The first-order valence-electron chi connectivity index (χ1n) is 6.68. The molecule has 2 unspecified atom stereocenters. The van der Waals surface area contributed by atoms with Crippen molar-refractivity contribution in [3.63, 3.8) is 0 Å². The Balaban J connectivity index is 2.12. The van der Waals surface area contributed by atoms with Crippen molar-refractivity contribution in [2.75, 3.05) is 26.2 Å². The molecule has 0 spiro atoms. The summed E-state index contributed by atoms with van der Waals surface area (Å²) in [6.07, 6.45) is 5.37. The predicted molar refractivity (Wildman–Crippen MR) is 67.2 cm³/mol. The van der Waals surface area contributed by atoms with E-state index in [1.54, 1.807) is 0 Å². The van der Waals surface area contributed by atoms with Gasteiger partial charge in [-0.2, -0.15) is 0 Å². The second-order valence-corrected chi connectivity index (χ2v) is 5.13. The van der Waals surface area contributed by atoms with Crippen LogP contribution in [-0.2, 0) is 0 Å². The van der Waals surface area contributed by atoms with Crippen molar-refractivity contribution in [2.24, 2.45) is 5.92 Å². The molecule has 1 rings (SSSR count). The molecule has 1 aliphatic heterocycles. The van der Waals surface area contributed by atoms with Crippen molar-refractivity contribution in [3.8, 4) is 0 Å². The molecule has 15 heavy (non-hydrogen) atoms. The summed E-state index contributed by atoms with van der Waals surface area (Å²) in [5, 5.41) is 3.49. The van der Waals surface area contributed by atoms with E-state index in [1.165, 1.54) is 51.9 Å². The number of nitrogens with one attached hydrogen (secondary N) is 1. The number of hydrogen-bond donors (Lipinski definition) is 1. The topological polar surface area (TPSA) is 15.3 Å². The zero-order chi connectivity index (χ0) is 11.1. The molecule has 2 atom stereocenters. The molecule has 0 bridgehead atoms. The fraction of sp³-hybridized carbons (Fsp3) is 1.00. The third-order valence-corrected chi connectivity index (χ3v) is 3.48. The van der Waals surface area contributed by atoms with Gasteiger partial charge in [0.1, 0.15) is 0 Å². The molecular formula is C13H28N2. The molecule has 0 aromatic rings. The lowest BCUT2D eigenvalue weighted by molar-refractivity contribution is 0.133. The molecule has 90 valence electrons. The van der Waals surface area contributed by atoms with Crippen LogP contribution < -0.4 is 5.32 Å². The Kier molecular flexibility index (Phi) is 6.26. The quantitative estimate of drug-likeness (QED) is 0.681. The maximum absolute atomic E-state index is 3.49. The summed E-state index contributed by atoms with van der Waals surface area (Å²) in [6.45, 7) is 12.0. The lowest BCUT2D eigenvalue weighted by atomic mass is 9.98. The summed E-state index contributed by atoms with van der Waals surface area (Å²) < 4.78 is 0. The van der Waals surface area contributed by atoms with Crippen LogP contribution in [-0.4, -0.2) is 37.1 Å². The van der Waals surface area contributed by atoms with Gasteiger partial charge in [-0.1, -0.05) is 13.8 Å². The Morgan fingerprint density at radius 3 is 2.87 bits per heavy atom. The molecule has 0 radical (unpaired) electrons. The van der Waals surface area contributed by atoms with Crippen LogP contribution in [0, 0.1) is 5.92 Å². The molecule has 1 N–H and O–H groups in total. The molecule has 0 amide bonds. The van der Waals surface area contributed by atoms with E-state index in [2.05, 4.69) is 31.0 Å². The molecular weight excluding hydrogens is 184 g/mol. The van der Waals surface area contributed by atoms with E-state index < -0.39 is 0 Å². The van der Waals surface area contributed by atoms with E-state index in [1.807, 2.05) is 0 Å². The Morgan fingerprint density at radius 2 is 2.20 bits per heavy atom. The van der Waals surface area contributed by atoms with Crippen molar-refractivity contribution >= 4 is 0 Å². The summed E-state index contributed by atoms with van der Waals surface area (Å²) in [4.78, 5) is 2.67. The summed E-state index contributed by atoms with van der Waals surface area (Å²) in [7, 11) is 0. The minimum atomic E-state index is 0.761. The predicted octanol–water partition coefficient (Wildman–Crippen LogP) is 2.50. The highest BCUT2D eigenvalue weighted by Crippen LogP contribution is 2.18. The molecule has 1 fully saturated rings. The zero-order valence-corrected chi connectivity index (χ0v) is 10.8. The van der Waals surface area contributed by atoms with Crippen LogP contribution in [0.5, 0.6) is 0 Å². The number of rotatable bonds is 6. The van der Waals surface area contributed by atoms with Crippen molar-refractivity contribution in [1.29, 1.82) is 0 Å². The fourth-order valence-corrected chi connectivity index (χ4v) is 2.42. The van der Waals surface area contributed by atoms with Crippen LogP contribution in [0.4, 0.5) is 0 Å². The van der Waals surface area contributed by atoms with Gasteiger partial charge in [-0.05, 0) is 58.2 Å². The standard InChI is InChI=1S/C13H28N2/c1-4-8-14-9-7-13(3)15-10-5-6-12(2)11-15/h12-14H,4-11H2,1-3H3. The van der Waals surface area contributed by atoms with Gasteiger partial charge >= 0.3 is 0 Å². The highest BCUT2D eigenvalue weighted by atomic mass is 15.2. The first kappa shape index (κ1) is 13.0. The van der Waals surface area contributed by atoms with Crippen LogP contribution in [0.3, 0.4) is 0 Å². The SMILES string of the molecule is CCCNCCC(C)N1CCCC(C)C1. The first-order valence-corrected chi connectivity index (χ1v) is 6.68. The van der Waals surface area contributed by atoms with Crippen LogP contribution in [0.1, 0.15) is 46.5 Å². The maximum atomic E-state index is 3.49. The largest absolute Gasteiger partial charge is 0.317 e. The third kappa shape index (κ3) is 4.98.